The third-order valence-electron chi connectivity index (χ3n) is 4.66. The zero-order valence-corrected chi connectivity index (χ0v) is 10.7. The zero-order valence-electron chi connectivity index (χ0n) is 10.7. The molecule has 2 atom stereocenters. The lowest BCUT2D eigenvalue weighted by Crippen LogP contribution is -2.34. The Morgan fingerprint density at radius 3 is 2.94 bits per heavy atom. The van der Waals surface area contributed by atoms with Crippen molar-refractivity contribution in [2.45, 2.75) is 31.3 Å². The molecule has 1 fully saturated rings. The first-order valence-corrected chi connectivity index (χ1v) is 6.81. The van der Waals surface area contributed by atoms with Crippen LogP contribution < -0.4 is 0 Å². The Labute approximate surface area is 108 Å². The van der Waals surface area contributed by atoms with Crippen LogP contribution >= 0.6 is 0 Å². The van der Waals surface area contributed by atoms with E-state index in [0.717, 1.165) is 6.04 Å². The van der Waals surface area contributed by atoms with Crippen molar-refractivity contribution in [3.63, 3.8) is 0 Å². The van der Waals surface area contributed by atoms with Crippen molar-refractivity contribution < 1.29 is 0 Å². The van der Waals surface area contributed by atoms with Gasteiger partial charge in [-0.3, -0.25) is 4.90 Å². The minimum atomic E-state index is 0.664. The average molecular weight is 238 g/mol. The number of aromatic nitrogens is 1. The Balaban J connectivity index is 1.82. The number of hydrogen-bond donors (Lipinski definition) is 0. The Kier molecular flexibility index (Phi) is 2.15. The van der Waals surface area contributed by atoms with Gasteiger partial charge in [0, 0.05) is 30.0 Å². The van der Waals surface area contributed by atoms with E-state index in [-0.39, 0.29) is 0 Å². The highest BCUT2D eigenvalue weighted by Crippen LogP contribution is 2.38. The summed E-state index contributed by atoms with van der Waals surface area (Å²) in [6, 6.07) is 10.1. The molecule has 2 heteroatoms. The van der Waals surface area contributed by atoms with Crippen molar-refractivity contribution in [1.29, 1.82) is 0 Å². The van der Waals surface area contributed by atoms with E-state index in [1.807, 2.05) is 0 Å². The highest BCUT2D eigenvalue weighted by molar-refractivity contribution is 5.80. The molecule has 2 aromatic heterocycles. The number of hydrogen-bond acceptors (Lipinski definition) is 1. The van der Waals surface area contributed by atoms with Gasteiger partial charge in [-0.1, -0.05) is 12.1 Å². The van der Waals surface area contributed by atoms with Gasteiger partial charge in [0.15, 0.2) is 0 Å². The molecule has 0 spiro atoms. The van der Waals surface area contributed by atoms with Gasteiger partial charge in [0.1, 0.15) is 0 Å². The SMILES string of the molecule is CN1C2C=C(c3ccn4ccccc34)CC1CC2. The predicted molar refractivity (Wildman–Crippen MR) is 74.6 cm³/mol. The second-order valence-corrected chi connectivity index (χ2v) is 5.58. The molecule has 18 heavy (non-hydrogen) atoms. The normalized spacial score (nSPS) is 27.7. The number of pyridine rings is 1. The highest BCUT2D eigenvalue weighted by atomic mass is 15.2. The highest BCUT2D eigenvalue weighted by Gasteiger charge is 2.34. The van der Waals surface area contributed by atoms with Gasteiger partial charge in [-0.15, -0.1) is 0 Å². The van der Waals surface area contributed by atoms with Crippen LogP contribution in [-0.2, 0) is 0 Å². The minimum absolute atomic E-state index is 0.664. The average Bonchev–Trinajstić information content (AvgIpc) is 2.88. The lowest BCUT2D eigenvalue weighted by Gasteiger charge is -2.30. The molecule has 0 amide bonds. The maximum Gasteiger partial charge on any atom is 0.0524 e. The van der Waals surface area contributed by atoms with E-state index in [1.54, 1.807) is 5.57 Å². The van der Waals surface area contributed by atoms with Crippen LogP contribution in [0.1, 0.15) is 24.8 Å². The monoisotopic (exact) mass is 238 g/mol. The molecule has 0 N–H and O–H groups in total. The van der Waals surface area contributed by atoms with Crippen molar-refractivity contribution in [1.82, 2.24) is 9.30 Å². The number of rotatable bonds is 1. The van der Waals surface area contributed by atoms with Crippen LogP contribution in [0.3, 0.4) is 0 Å². The third kappa shape index (κ3) is 1.39. The number of fused-ring (bicyclic) bond motifs is 3. The Bertz CT molecular complexity index is 623. The summed E-state index contributed by atoms with van der Waals surface area (Å²) < 4.78 is 2.22. The second-order valence-electron chi connectivity index (χ2n) is 5.58. The fourth-order valence-electron chi connectivity index (χ4n) is 3.57. The maximum absolute atomic E-state index is 2.54. The topological polar surface area (TPSA) is 7.65 Å². The molecule has 2 unspecified atom stereocenters. The number of likely N-dealkylation sites (N-methyl/N-ethyl adjacent to an activating group) is 1. The summed E-state index contributed by atoms with van der Waals surface area (Å²) in [6.07, 6.45) is 10.7. The molecule has 92 valence electrons. The van der Waals surface area contributed by atoms with Gasteiger partial charge in [0.05, 0.1) is 5.52 Å². The molecule has 0 saturated carbocycles. The van der Waals surface area contributed by atoms with Crippen molar-refractivity contribution in [3.8, 4) is 0 Å². The molecule has 2 aromatic rings. The molecule has 2 aliphatic heterocycles. The summed E-state index contributed by atoms with van der Waals surface area (Å²) in [7, 11) is 2.27. The molecular formula is C16H18N2. The number of nitrogens with zero attached hydrogens (tertiary/aromatic N) is 2. The molecule has 4 rings (SSSR count). The second kappa shape index (κ2) is 3.72. The fraction of sp³-hybridized carbons (Fsp3) is 0.375. The Hall–Kier alpha value is -1.54. The van der Waals surface area contributed by atoms with Gasteiger partial charge in [-0.25, -0.2) is 0 Å². The standard InChI is InChI=1S/C16H18N2/c1-17-13-5-6-14(17)11-12(10-13)15-7-9-18-8-3-2-4-16(15)18/h2-4,7-10,13-14H,5-6,11H2,1H3. The molecule has 2 aliphatic rings. The van der Waals surface area contributed by atoms with Crippen LogP contribution in [0.15, 0.2) is 42.7 Å². The van der Waals surface area contributed by atoms with Gasteiger partial charge >= 0.3 is 0 Å². The van der Waals surface area contributed by atoms with Gasteiger partial charge in [-0.2, -0.15) is 0 Å². The Morgan fingerprint density at radius 1 is 1.11 bits per heavy atom. The first-order chi connectivity index (χ1) is 8.83. The van der Waals surface area contributed by atoms with E-state index >= 15 is 0 Å². The molecule has 2 bridgehead atoms. The quantitative estimate of drug-likeness (QED) is 0.740. The van der Waals surface area contributed by atoms with Crippen LogP contribution in [0.4, 0.5) is 0 Å². The van der Waals surface area contributed by atoms with Gasteiger partial charge in [0.2, 0.25) is 0 Å². The van der Waals surface area contributed by atoms with Crippen LogP contribution in [0.5, 0.6) is 0 Å². The van der Waals surface area contributed by atoms with Gasteiger partial charge < -0.3 is 4.40 Å². The molecule has 4 heterocycles. The maximum atomic E-state index is 2.54. The van der Waals surface area contributed by atoms with Crippen molar-refractivity contribution in [3.05, 3.63) is 48.3 Å². The summed E-state index contributed by atoms with van der Waals surface area (Å²) >= 11 is 0. The van der Waals surface area contributed by atoms with E-state index < -0.39 is 0 Å². The minimum Gasteiger partial charge on any atom is -0.323 e. The summed E-state index contributed by atoms with van der Waals surface area (Å²) in [5.41, 5.74) is 4.32. The van der Waals surface area contributed by atoms with Crippen molar-refractivity contribution in [2.24, 2.45) is 0 Å². The predicted octanol–water partition coefficient (Wildman–Crippen LogP) is 3.19. The molecular weight excluding hydrogens is 220 g/mol. The molecule has 0 aromatic carbocycles. The lowest BCUT2D eigenvalue weighted by molar-refractivity contribution is 0.264. The van der Waals surface area contributed by atoms with Crippen molar-refractivity contribution in [2.75, 3.05) is 7.05 Å². The van der Waals surface area contributed by atoms with E-state index in [1.165, 1.54) is 30.3 Å². The van der Waals surface area contributed by atoms with Crippen LogP contribution in [0.2, 0.25) is 0 Å². The summed E-state index contributed by atoms with van der Waals surface area (Å²) in [5.74, 6) is 0. The van der Waals surface area contributed by atoms with Crippen LogP contribution in [0, 0.1) is 0 Å². The van der Waals surface area contributed by atoms with Crippen molar-refractivity contribution >= 4 is 11.1 Å². The smallest absolute Gasteiger partial charge is 0.0524 e. The summed E-state index contributed by atoms with van der Waals surface area (Å²) in [6.45, 7) is 0. The molecule has 0 aliphatic carbocycles. The zero-order chi connectivity index (χ0) is 12.1. The lowest BCUT2D eigenvalue weighted by atomic mass is 9.96. The fourth-order valence-corrected chi connectivity index (χ4v) is 3.57. The van der Waals surface area contributed by atoms with Crippen LogP contribution in [-0.4, -0.2) is 28.4 Å². The molecule has 0 radical (unpaired) electrons. The third-order valence-corrected chi connectivity index (χ3v) is 4.66. The Morgan fingerprint density at radius 2 is 2.06 bits per heavy atom. The molecule has 1 saturated heterocycles. The first kappa shape index (κ1) is 10.4. The van der Waals surface area contributed by atoms with Crippen LogP contribution in [0.25, 0.3) is 11.1 Å². The summed E-state index contributed by atoms with van der Waals surface area (Å²) in [5, 5.41) is 0. The summed E-state index contributed by atoms with van der Waals surface area (Å²) in [4.78, 5) is 2.54. The van der Waals surface area contributed by atoms with E-state index in [9.17, 15) is 0 Å². The van der Waals surface area contributed by atoms with E-state index in [2.05, 4.69) is 59.1 Å². The first-order valence-electron chi connectivity index (χ1n) is 6.81. The molecule has 2 nitrogen and oxygen atoms in total. The van der Waals surface area contributed by atoms with Gasteiger partial charge in [0.25, 0.3) is 0 Å². The van der Waals surface area contributed by atoms with Gasteiger partial charge in [-0.05, 0) is 50.1 Å². The van der Waals surface area contributed by atoms with E-state index in [4.69, 9.17) is 0 Å². The largest absolute Gasteiger partial charge is 0.323 e. The van der Waals surface area contributed by atoms with E-state index in [0.29, 0.717) is 6.04 Å².